The Hall–Kier alpha value is -2.94. The normalized spacial score (nSPS) is 20.1. The van der Waals surface area contributed by atoms with Crippen LogP contribution in [0, 0.1) is 0 Å². The molecular formula is C16H18ClN7O2. The van der Waals surface area contributed by atoms with E-state index >= 15 is 0 Å². The monoisotopic (exact) mass is 375 g/mol. The summed E-state index contributed by atoms with van der Waals surface area (Å²) in [7, 11) is 3.20. The number of carbonyl (C=O) groups excluding carboxylic acids is 2. The summed E-state index contributed by atoms with van der Waals surface area (Å²) in [6, 6.07) is 4.79. The number of amides is 2. The number of halogens is 1. The summed E-state index contributed by atoms with van der Waals surface area (Å²) >= 11 is 5.81. The molecule has 3 heterocycles. The highest BCUT2D eigenvalue weighted by molar-refractivity contribution is 6.29. The lowest BCUT2D eigenvalue weighted by Crippen LogP contribution is -2.47. The Balaban J connectivity index is 1.88. The minimum absolute atomic E-state index is 0.129. The van der Waals surface area contributed by atoms with Gasteiger partial charge >= 0.3 is 0 Å². The first-order valence-electron chi connectivity index (χ1n) is 7.79. The molecular weight excluding hydrogens is 358 g/mol. The summed E-state index contributed by atoms with van der Waals surface area (Å²) in [5.41, 5.74) is 6.29. The van der Waals surface area contributed by atoms with Crippen LogP contribution in [0.1, 0.15) is 29.5 Å². The Morgan fingerprint density at radius 2 is 2.12 bits per heavy atom. The molecule has 0 bridgehead atoms. The number of nitrogens with one attached hydrogen (secondary N) is 1. The maximum atomic E-state index is 12.4. The zero-order chi connectivity index (χ0) is 19.1. The van der Waals surface area contributed by atoms with E-state index in [0.29, 0.717) is 17.1 Å². The molecule has 2 aromatic rings. The van der Waals surface area contributed by atoms with Gasteiger partial charge in [-0.2, -0.15) is 5.10 Å². The largest absolute Gasteiger partial charge is 0.369 e. The Morgan fingerprint density at radius 1 is 1.38 bits per heavy atom. The second-order valence-electron chi connectivity index (χ2n) is 6.23. The highest BCUT2D eigenvalue weighted by Gasteiger charge is 2.37. The molecule has 26 heavy (non-hydrogen) atoms. The van der Waals surface area contributed by atoms with Crippen LogP contribution in [0.3, 0.4) is 0 Å². The fourth-order valence-corrected chi connectivity index (χ4v) is 2.92. The molecule has 3 N–H and O–H groups in total. The number of hydrogen-bond acceptors (Lipinski definition) is 6. The number of pyridine rings is 1. The Morgan fingerprint density at radius 3 is 2.73 bits per heavy atom. The summed E-state index contributed by atoms with van der Waals surface area (Å²) in [5.74, 6) is -0.387. The molecule has 0 aromatic carbocycles. The Bertz CT molecular complexity index is 923. The zero-order valence-corrected chi connectivity index (χ0v) is 15.3. The maximum absolute atomic E-state index is 12.4. The summed E-state index contributed by atoms with van der Waals surface area (Å²) < 4.78 is 1.39. The third-order valence-corrected chi connectivity index (χ3v) is 4.41. The molecule has 0 aliphatic carbocycles. The van der Waals surface area contributed by atoms with E-state index in [9.17, 15) is 9.59 Å². The molecule has 1 atom stereocenters. The standard InChI is InChI=1S/C16H18ClN7O2/c1-16(8-13(25)23(2)15(18)21-16)11-6-9(4-5-19-11)20-14(26)10-7-12(17)22-24(10)3/h4-7H,8H2,1-3H3,(H2,18,21)(H,19,20,26). The van der Waals surface area contributed by atoms with E-state index in [1.807, 2.05) is 0 Å². The van der Waals surface area contributed by atoms with Gasteiger partial charge in [0.05, 0.1) is 12.1 Å². The summed E-state index contributed by atoms with van der Waals surface area (Å²) in [4.78, 5) is 34.5. The van der Waals surface area contributed by atoms with Gasteiger partial charge in [0.2, 0.25) is 5.91 Å². The first-order chi connectivity index (χ1) is 12.2. The lowest BCUT2D eigenvalue weighted by molar-refractivity contribution is -0.128. The summed E-state index contributed by atoms with van der Waals surface area (Å²) in [6.07, 6.45) is 1.67. The van der Waals surface area contributed by atoms with Crippen molar-refractivity contribution in [2.24, 2.45) is 17.8 Å². The van der Waals surface area contributed by atoms with Crippen LogP contribution in [0.2, 0.25) is 5.15 Å². The van der Waals surface area contributed by atoms with Gasteiger partial charge in [0.25, 0.3) is 5.91 Å². The number of guanidine groups is 1. The Labute approximate surface area is 154 Å². The van der Waals surface area contributed by atoms with Crippen molar-refractivity contribution < 1.29 is 9.59 Å². The van der Waals surface area contributed by atoms with Crippen LogP contribution < -0.4 is 11.1 Å². The molecule has 1 aliphatic rings. The number of aryl methyl sites for hydroxylation is 1. The summed E-state index contributed by atoms with van der Waals surface area (Å²) in [5, 5.41) is 6.93. The van der Waals surface area contributed by atoms with E-state index in [4.69, 9.17) is 17.3 Å². The van der Waals surface area contributed by atoms with E-state index in [1.54, 1.807) is 39.3 Å². The molecule has 136 valence electrons. The molecule has 2 aromatic heterocycles. The maximum Gasteiger partial charge on any atom is 0.273 e. The van der Waals surface area contributed by atoms with Crippen LogP contribution >= 0.6 is 11.6 Å². The lowest BCUT2D eigenvalue weighted by atomic mass is 9.91. The average Bonchev–Trinajstić information content (AvgIpc) is 2.91. The van der Waals surface area contributed by atoms with Crippen molar-refractivity contribution in [1.29, 1.82) is 0 Å². The first kappa shape index (κ1) is 17.9. The number of anilines is 1. The van der Waals surface area contributed by atoms with Crippen molar-refractivity contribution in [2.75, 3.05) is 12.4 Å². The number of aliphatic imine (C=N–C) groups is 1. The van der Waals surface area contributed by atoms with Gasteiger partial charge < -0.3 is 11.1 Å². The minimum atomic E-state index is -0.899. The van der Waals surface area contributed by atoms with Gasteiger partial charge in [0, 0.05) is 32.0 Å². The Kier molecular flexibility index (Phi) is 4.41. The average molecular weight is 376 g/mol. The van der Waals surface area contributed by atoms with Gasteiger partial charge in [0.1, 0.15) is 11.2 Å². The third kappa shape index (κ3) is 3.25. The molecule has 0 saturated carbocycles. The van der Waals surface area contributed by atoms with Crippen molar-refractivity contribution >= 4 is 35.1 Å². The zero-order valence-electron chi connectivity index (χ0n) is 14.5. The predicted octanol–water partition coefficient (Wildman–Crippen LogP) is 1.11. The quantitative estimate of drug-likeness (QED) is 0.833. The van der Waals surface area contributed by atoms with E-state index in [-0.39, 0.29) is 29.3 Å². The fourth-order valence-electron chi connectivity index (χ4n) is 2.70. The number of aromatic nitrogens is 3. The lowest BCUT2D eigenvalue weighted by Gasteiger charge is -2.32. The topological polar surface area (TPSA) is 118 Å². The van der Waals surface area contributed by atoms with Gasteiger partial charge in [-0.1, -0.05) is 11.6 Å². The molecule has 3 rings (SSSR count). The summed E-state index contributed by atoms with van der Waals surface area (Å²) in [6.45, 7) is 1.78. The van der Waals surface area contributed by atoms with Crippen LogP contribution in [0.25, 0.3) is 0 Å². The number of nitrogens with two attached hydrogens (primary N) is 1. The molecule has 0 radical (unpaired) electrons. The highest BCUT2D eigenvalue weighted by Crippen LogP contribution is 2.32. The van der Waals surface area contributed by atoms with E-state index in [0.717, 1.165) is 0 Å². The predicted molar refractivity (Wildman–Crippen MR) is 96.8 cm³/mol. The van der Waals surface area contributed by atoms with Crippen LogP contribution in [0.15, 0.2) is 29.4 Å². The van der Waals surface area contributed by atoms with Gasteiger partial charge in [-0.05, 0) is 19.1 Å². The molecule has 2 amide bonds. The van der Waals surface area contributed by atoms with Crippen molar-refractivity contribution in [3.8, 4) is 0 Å². The van der Waals surface area contributed by atoms with Crippen molar-refractivity contribution in [3.63, 3.8) is 0 Å². The van der Waals surface area contributed by atoms with E-state index < -0.39 is 5.54 Å². The van der Waals surface area contributed by atoms with Crippen molar-refractivity contribution in [3.05, 3.63) is 40.9 Å². The van der Waals surface area contributed by atoms with Crippen LogP contribution in [0.4, 0.5) is 5.69 Å². The van der Waals surface area contributed by atoms with Crippen LogP contribution in [-0.4, -0.2) is 44.5 Å². The molecule has 0 spiro atoms. The molecule has 0 fully saturated rings. The highest BCUT2D eigenvalue weighted by atomic mass is 35.5. The van der Waals surface area contributed by atoms with E-state index in [2.05, 4.69) is 20.4 Å². The first-order valence-corrected chi connectivity index (χ1v) is 8.17. The van der Waals surface area contributed by atoms with Crippen molar-refractivity contribution in [1.82, 2.24) is 19.7 Å². The number of hydrogen-bond donors (Lipinski definition) is 2. The van der Waals surface area contributed by atoms with Gasteiger partial charge in [-0.25, -0.2) is 4.99 Å². The van der Waals surface area contributed by atoms with Gasteiger partial charge in [0.15, 0.2) is 11.1 Å². The number of carbonyl (C=O) groups is 2. The molecule has 1 aliphatic heterocycles. The fraction of sp³-hybridized carbons (Fsp3) is 0.312. The SMILES string of the molecule is CN1C(=O)CC(C)(c2cc(NC(=O)c3cc(Cl)nn3C)ccn2)N=C1N. The minimum Gasteiger partial charge on any atom is -0.369 e. The van der Waals surface area contributed by atoms with Crippen LogP contribution in [0.5, 0.6) is 0 Å². The number of rotatable bonds is 3. The second-order valence-corrected chi connectivity index (χ2v) is 6.62. The van der Waals surface area contributed by atoms with E-state index in [1.165, 1.54) is 15.6 Å². The van der Waals surface area contributed by atoms with Crippen LogP contribution in [-0.2, 0) is 17.4 Å². The molecule has 1 unspecified atom stereocenters. The second kappa shape index (κ2) is 6.41. The van der Waals surface area contributed by atoms with Gasteiger partial charge in [-0.3, -0.25) is 24.2 Å². The third-order valence-electron chi connectivity index (χ3n) is 4.23. The molecule has 10 heteroatoms. The molecule has 9 nitrogen and oxygen atoms in total. The number of nitrogens with zero attached hydrogens (tertiary/aromatic N) is 5. The van der Waals surface area contributed by atoms with Crippen molar-refractivity contribution in [2.45, 2.75) is 18.9 Å². The smallest absolute Gasteiger partial charge is 0.273 e. The van der Waals surface area contributed by atoms with Gasteiger partial charge in [-0.15, -0.1) is 0 Å². The molecule has 0 saturated heterocycles.